The Bertz CT molecular complexity index is 2890. The van der Waals surface area contributed by atoms with Gasteiger partial charge >= 0.3 is 0 Å². The van der Waals surface area contributed by atoms with Gasteiger partial charge in [0.05, 0.1) is 11.4 Å². The van der Waals surface area contributed by atoms with Crippen molar-refractivity contribution in [3.8, 4) is 55.6 Å². The highest BCUT2D eigenvalue weighted by atomic mass is 15.1. The Hall–Kier alpha value is -6.96. The fourth-order valence-electron chi connectivity index (χ4n) is 9.06. The lowest BCUT2D eigenvalue weighted by atomic mass is 9.82. The molecule has 1 aliphatic carbocycles. The van der Waals surface area contributed by atoms with Crippen molar-refractivity contribution in [1.82, 2.24) is 0 Å². The Morgan fingerprint density at radius 2 is 0.839 bits per heavy atom. The van der Waals surface area contributed by atoms with Crippen molar-refractivity contribution in [2.45, 2.75) is 19.3 Å². The van der Waals surface area contributed by atoms with Gasteiger partial charge < -0.3 is 4.90 Å². The Morgan fingerprint density at radius 3 is 1.62 bits per heavy atom. The lowest BCUT2D eigenvalue weighted by molar-refractivity contribution is 0.660. The highest BCUT2D eigenvalue weighted by molar-refractivity contribution is 6.02. The van der Waals surface area contributed by atoms with Crippen LogP contribution < -0.4 is 4.90 Å². The molecule has 0 aliphatic heterocycles. The maximum Gasteiger partial charge on any atom is 0.0540 e. The molecule has 1 nitrogen and oxygen atoms in total. The van der Waals surface area contributed by atoms with Crippen molar-refractivity contribution in [3.63, 3.8) is 0 Å². The zero-order chi connectivity index (χ0) is 37.6. The summed E-state index contributed by atoms with van der Waals surface area (Å²) in [5.41, 5.74) is 18.2. The van der Waals surface area contributed by atoms with Crippen molar-refractivity contribution >= 4 is 27.8 Å². The molecule has 0 amide bonds. The van der Waals surface area contributed by atoms with Crippen LogP contribution in [0, 0.1) is 0 Å². The van der Waals surface area contributed by atoms with Crippen molar-refractivity contribution in [2.75, 3.05) is 4.90 Å². The summed E-state index contributed by atoms with van der Waals surface area (Å²) in [4.78, 5) is 2.49. The summed E-state index contributed by atoms with van der Waals surface area (Å²) in [6.45, 7) is 4.72. The van der Waals surface area contributed by atoms with Crippen LogP contribution in [0.15, 0.2) is 212 Å². The van der Waals surface area contributed by atoms with Crippen LogP contribution in [0.1, 0.15) is 25.0 Å². The second-order valence-electron chi connectivity index (χ2n) is 15.3. The molecular formula is C55H41N. The van der Waals surface area contributed by atoms with E-state index in [4.69, 9.17) is 0 Å². The maximum absolute atomic E-state index is 2.49. The third-order valence-electron chi connectivity index (χ3n) is 11.7. The zero-order valence-electron chi connectivity index (χ0n) is 31.7. The number of fused-ring (bicyclic) bond motifs is 4. The van der Waals surface area contributed by atoms with E-state index < -0.39 is 0 Å². The first-order chi connectivity index (χ1) is 27.6. The summed E-state index contributed by atoms with van der Waals surface area (Å²) in [6, 6.07) is 77.6. The minimum Gasteiger partial charge on any atom is -0.309 e. The van der Waals surface area contributed by atoms with E-state index in [1.165, 1.54) is 77.5 Å². The van der Waals surface area contributed by atoms with Crippen LogP contribution in [0.5, 0.6) is 0 Å². The largest absolute Gasteiger partial charge is 0.309 e. The van der Waals surface area contributed by atoms with Gasteiger partial charge in [0.25, 0.3) is 0 Å². The number of hydrogen-bond acceptors (Lipinski definition) is 1. The molecule has 1 heteroatoms. The number of para-hydroxylation sites is 2. The number of hydrogen-bond donors (Lipinski definition) is 0. The van der Waals surface area contributed by atoms with Crippen LogP contribution in [0.4, 0.5) is 17.1 Å². The van der Waals surface area contributed by atoms with E-state index in [9.17, 15) is 0 Å². The molecule has 0 unspecified atom stereocenters. The fourth-order valence-corrected chi connectivity index (χ4v) is 9.06. The first-order valence-electron chi connectivity index (χ1n) is 19.5. The summed E-state index contributed by atoms with van der Waals surface area (Å²) in [7, 11) is 0. The molecule has 0 bridgehead atoms. The van der Waals surface area contributed by atoms with E-state index in [2.05, 4.69) is 231 Å². The molecule has 0 radical (unpaired) electrons. The summed E-state index contributed by atoms with van der Waals surface area (Å²) in [5.74, 6) is 0. The van der Waals surface area contributed by atoms with Crippen LogP contribution in [-0.2, 0) is 5.41 Å². The number of anilines is 3. The molecule has 0 saturated carbocycles. The third kappa shape index (κ3) is 5.55. The van der Waals surface area contributed by atoms with Crippen molar-refractivity contribution in [2.24, 2.45) is 0 Å². The first-order valence-corrected chi connectivity index (χ1v) is 19.5. The second kappa shape index (κ2) is 13.7. The molecule has 0 N–H and O–H groups in total. The molecule has 0 saturated heterocycles. The molecule has 0 aromatic heterocycles. The van der Waals surface area contributed by atoms with E-state index >= 15 is 0 Å². The molecule has 1 aliphatic rings. The molecule has 0 fully saturated rings. The highest BCUT2D eigenvalue weighted by Crippen LogP contribution is 2.54. The third-order valence-corrected chi connectivity index (χ3v) is 11.7. The van der Waals surface area contributed by atoms with Gasteiger partial charge in [0.2, 0.25) is 0 Å². The molecule has 0 heterocycles. The molecule has 56 heavy (non-hydrogen) atoms. The Kier molecular flexibility index (Phi) is 8.23. The van der Waals surface area contributed by atoms with Crippen LogP contribution in [0.3, 0.4) is 0 Å². The van der Waals surface area contributed by atoms with E-state index in [1.54, 1.807) is 0 Å². The van der Waals surface area contributed by atoms with Crippen molar-refractivity contribution in [3.05, 3.63) is 223 Å². The average molecular weight is 716 g/mol. The van der Waals surface area contributed by atoms with E-state index in [0.29, 0.717) is 0 Å². The topological polar surface area (TPSA) is 3.24 Å². The van der Waals surface area contributed by atoms with E-state index in [0.717, 1.165) is 17.1 Å². The molecule has 0 spiro atoms. The number of nitrogens with zero attached hydrogens (tertiary/aromatic N) is 1. The Balaban J connectivity index is 1.24. The van der Waals surface area contributed by atoms with Gasteiger partial charge in [-0.2, -0.15) is 0 Å². The second-order valence-corrected chi connectivity index (χ2v) is 15.3. The van der Waals surface area contributed by atoms with Crippen molar-refractivity contribution in [1.29, 1.82) is 0 Å². The van der Waals surface area contributed by atoms with E-state index in [1.807, 2.05) is 0 Å². The molecule has 266 valence electrons. The van der Waals surface area contributed by atoms with Gasteiger partial charge in [-0.15, -0.1) is 0 Å². The maximum atomic E-state index is 2.49. The predicted molar refractivity (Wildman–Crippen MR) is 238 cm³/mol. The first kappa shape index (κ1) is 33.6. The molecule has 9 aromatic carbocycles. The molecular weight excluding hydrogens is 675 g/mol. The molecule has 0 atom stereocenters. The lowest BCUT2D eigenvalue weighted by Crippen LogP contribution is -2.15. The van der Waals surface area contributed by atoms with E-state index in [-0.39, 0.29) is 5.41 Å². The van der Waals surface area contributed by atoms with Crippen LogP contribution in [0.2, 0.25) is 0 Å². The van der Waals surface area contributed by atoms with Crippen LogP contribution >= 0.6 is 0 Å². The number of benzene rings is 9. The monoisotopic (exact) mass is 715 g/mol. The quantitative estimate of drug-likeness (QED) is 0.159. The van der Waals surface area contributed by atoms with Crippen LogP contribution in [-0.4, -0.2) is 0 Å². The summed E-state index contributed by atoms with van der Waals surface area (Å²) in [5, 5.41) is 2.49. The average Bonchev–Trinajstić information content (AvgIpc) is 3.50. The lowest BCUT2D eigenvalue weighted by Gasteiger charge is -2.31. The minimum absolute atomic E-state index is 0.100. The van der Waals surface area contributed by atoms with Gasteiger partial charge in [-0.05, 0) is 90.7 Å². The van der Waals surface area contributed by atoms with Gasteiger partial charge in [-0.1, -0.05) is 202 Å². The molecule has 10 rings (SSSR count). The highest BCUT2D eigenvalue weighted by Gasteiger charge is 2.37. The Labute approximate surface area is 329 Å². The van der Waals surface area contributed by atoms with Crippen LogP contribution in [0.25, 0.3) is 66.4 Å². The summed E-state index contributed by atoms with van der Waals surface area (Å²) >= 11 is 0. The molecule has 9 aromatic rings. The number of rotatable bonds is 7. The van der Waals surface area contributed by atoms with Gasteiger partial charge in [0.15, 0.2) is 0 Å². The standard InChI is InChI=1S/C55H41N/c1-55(2)50-33-13-10-30-49(50)54-48(32-18-34-51(54)55)47-29-12-15-36-53(47)56(41-24-16-23-40(37-41)44-31-17-22-39-21-6-7-25-42(39)44)52-35-14-11-28-46(52)45-27-9-8-26-43(45)38-19-4-3-5-20-38/h3-37H,1-2H3. The smallest absolute Gasteiger partial charge is 0.0540 e. The SMILES string of the molecule is CC1(C)c2ccccc2-c2c(-c3ccccc3N(c3cccc(-c4cccc5ccccc45)c3)c3ccccc3-c3ccccc3-c3ccccc3)cccc21. The fraction of sp³-hybridized carbons (Fsp3) is 0.0545. The predicted octanol–water partition coefficient (Wildman–Crippen LogP) is 15.3. The Morgan fingerprint density at radius 1 is 0.339 bits per heavy atom. The van der Waals surface area contributed by atoms with Crippen molar-refractivity contribution < 1.29 is 0 Å². The van der Waals surface area contributed by atoms with Gasteiger partial charge in [0, 0.05) is 22.2 Å². The van der Waals surface area contributed by atoms with Gasteiger partial charge in [0.1, 0.15) is 0 Å². The summed E-state index contributed by atoms with van der Waals surface area (Å²) < 4.78 is 0. The van der Waals surface area contributed by atoms with Gasteiger partial charge in [-0.3, -0.25) is 0 Å². The zero-order valence-corrected chi connectivity index (χ0v) is 31.7. The van der Waals surface area contributed by atoms with Gasteiger partial charge in [-0.25, -0.2) is 0 Å². The normalized spacial score (nSPS) is 12.6. The summed E-state index contributed by atoms with van der Waals surface area (Å²) in [6.07, 6.45) is 0. The minimum atomic E-state index is -0.100.